The number of thiazole rings is 1. The summed E-state index contributed by atoms with van der Waals surface area (Å²) in [5, 5.41) is 7.81. The summed E-state index contributed by atoms with van der Waals surface area (Å²) in [6.07, 6.45) is 0.449. The van der Waals surface area contributed by atoms with Crippen molar-refractivity contribution in [2.24, 2.45) is 0 Å². The number of benzene rings is 1. The number of halogens is 1. The molecule has 1 aromatic heterocycles. The lowest BCUT2D eigenvalue weighted by Gasteiger charge is -2.10. The number of hydrogen-bond acceptors (Lipinski definition) is 4. The highest BCUT2D eigenvalue weighted by atomic mass is 35.5. The molecule has 0 aliphatic carbocycles. The van der Waals surface area contributed by atoms with Crippen molar-refractivity contribution in [3.05, 3.63) is 38.8 Å². The topological polar surface area (TPSA) is 54.0 Å². The first-order valence-electron chi connectivity index (χ1n) is 6.75. The molecule has 1 heterocycles. The second kappa shape index (κ2) is 6.91. The lowest BCUT2D eigenvalue weighted by Crippen LogP contribution is -2.09. The summed E-state index contributed by atoms with van der Waals surface area (Å²) >= 11 is 7.86. The van der Waals surface area contributed by atoms with Gasteiger partial charge in [-0.2, -0.15) is 0 Å². The fraction of sp³-hybridized carbons (Fsp3) is 0.333. The molecule has 0 aliphatic rings. The van der Waals surface area contributed by atoms with Gasteiger partial charge in [0.1, 0.15) is 0 Å². The highest BCUT2D eigenvalue weighted by Gasteiger charge is 2.07. The third-order valence-corrected chi connectivity index (χ3v) is 4.41. The molecule has 0 atom stereocenters. The molecule has 0 spiro atoms. The highest BCUT2D eigenvalue weighted by molar-refractivity contribution is 7.11. The van der Waals surface area contributed by atoms with Crippen LogP contribution in [0.3, 0.4) is 0 Å². The van der Waals surface area contributed by atoms with E-state index in [-0.39, 0.29) is 5.91 Å². The van der Waals surface area contributed by atoms with E-state index in [1.165, 1.54) is 4.88 Å². The van der Waals surface area contributed by atoms with Crippen LogP contribution in [0.25, 0.3) is 0 Å². The van der Waals surface area contributed by atoms with Crippen molar-refractivity contribution < 1.29 is 4.79 Å². The number of amides is 1. The van der Waals surface area contributed by atoms with Gasteiger partial charge in [-0.1, -0.05) is 18.5 Å². The number of aryl methyl sites for hydroxylation is 2. The van der Waals surface area contributed by atoms with E-state index in [4.69, 9.17) is 11.6 Å². The molecule has 2 N–H and O–H groups in total. The summed E-state index contributed by atoms with van der Waals surface area (Å²) in [5.74, 6) is -0.0165. The maximum Gasteiger partial charge on any atom is 0.224 e. The van der Waals surface area contributed by atoms with Gasteiger partial charge in [0, 0.05) is 17.0 Å². The molecular weight excluding hydrogens is 306 g/mol. The van der Waals surface area contributed by atoms with Crippen LogP contribution in [0, 0.1) is 13.8 Å². The Morgan fingerprint density at radius 2 is 2.14 bits per heavy atom. The van der Waals surface area contributed by atoms with E-state index in [1.54, 1.807) is 23.5 Å². The SMILES string of the molecule is CCC(=O)Nc1ccc(Cl)c(NCc2sc(C)nc2C)c1. The molecule has 0 radical (unpaired) electrons. The van der Waals surface area contributed by atoms with Gasteiger partial charge in [0.25, 0.3) is 0 Å². The summed E-state index contributed by atoms with van der Waals surface area (Å²) in [6.45, 7) is 6.48. The molecule has 21 heavy (non-hydrogen) atoms. The van der Waals surface area contributed by atoms with Crippen LogP contribution in [0.2, 0.25) is 5.02 Å². The van der Waals surface area contributed by atoms with E-state index in [1.807, 2.05) is 26.8 Å². The van der Waals surface area contributed by atoms with Crippen molar-refractivity contribution in [2.45, 2.75) is 33.7 Å². The molecular formula is C15H18ClN3OS. The Labute approximate surface area is 133 Å². The van der Waals surface area contributed by atoms with E-state index in [9.17, 15) is 4.79 Å². The molecule has 4 nitrogen and oxygen atoms in total. The lowest BCUT2D eigenvalue weighted by atomic mass is 10.2. The molecule has 0 bridgehead atoms. The first-order valence-corrected chi connectivity index (χ1v) is 7.95. The van der Waals surface area contributed by atoms with E-state index in [2.05, 4.69) is 15.6 Å². The van der Waals surface area contributed by atoms with Crippen LogP contribution in [0.5, 0.6) is 0 Å². The number of hydrogen-bond donors (Lipinski definition) is 2. The summed E-state index contributed by atoms with van der Waals surface area (Å²) in [7, 11) is 0. The van der Waals surface area contributed by atoms with Gasteiger partial charge >= 0.3 is 0 Å². The molecule has 0 aliphatic heterocycles. The zero-order valence-electron chi connectivity index (χ0n) is 12.3. The monoisotopic (exact) mass is 323 g/mol. The van der Waals surface area contributed by atoms with Gasteiger partial charge in [0.15, 0.2) is 0 Å². The second-order valence-corrected chi connectivity index (χ2v) is 6.39. The van der Waals surface area contributed by atoms with Crippen molar-refractivity contribution in [1.82, 2.24) is 4.98 Å². The molecule has 0 saturated carbocycles. The smallest absolute Gasteiger partial charge is 0.224 e. The Bertz CT molecular complexity index is 654. The average Bonchev–Trinajstić information content (AvgIpc) is 2.77. The highest BCUT2D eigenvalue weighted by Crippen LogP contribution is 2.27. The minimum atomic E-state index is -0.0165. The zero-order valence-corrected chi connectivity index (χ0v) is 13.9. The molecule has 2 aromatic rings. The minimum Gasteiger partial charge on any atom is -0.379 e. The predicted octanol–water partition coefficient (Wildman–Crippen LogP) is 4.37. The van der Waals surface area contributed by atoms with Crippen molar-refractivity contribution >= 4 is 40.2 Å². The van der Waals surface area contributed by atoms with Crippen molar-refractivity contribution in [3.63, 3.8) is 0 Å². The van der Waals surface area contributed by atoms with Gasteiger partial charge in [-0.15, -0.1) is 11.3 Å². The van der Waals surface area contributed by atoms with Gasteiger partial charge in [0.05, 0.1) is 28.0 Å². The van der Waals surface area contributed by atoms with Gasteiger partial charge in [-0.05, 0) is 32.0 Å². The first kappa shape index (κ1) is 15.8. The second-order valence-electron chi connectivity index (χ2n) is 4.69. The van der Waals surface area contributed by atoms with Crippen LogP contribution in [-0.2, 0) is 11.3 Å². The number of nitrogens with zero attached hydrogens (tertiary/aromatic N) is 1. The van der Waals surface area contributed by atoms with Crippen molar-refractivity contribution in [1.29, 1.82) is 0 Å². The standard InChI is InChI=1S/C15H18ClN3OS/c1-4-15(20)19-11-5-6-12(16)13(7-11)17-8-14-9(2)18-10(3)21-14/h5-7,17H,4,8H2,1-3H3,(H,19,20). The van der Waals surface area contributed by atoms with Gasteiger partial charge in [-0.3, -0.25) is 4.79 Å². The van der Waals surface area contributed by atoms with Crippen LogP contribution >= 0.6 is 22.9 Å². The maximum atomic E-state index is 11.4. The third-order valence-electron chi connectivity index (χ3n) is 3.01. The normalized spacial score (nSPS) is 10.5. The average molecular weight is 324 g/mol. The Kier molecular flexibility index (Phi) is 5.20. The Morgan fingerprint density at radius 1 is 1.38 bits per heavy atom. The molecule has 6 heteroatoms. The number of carbonyl (C=O) groups is 1. The quantitative estimate of drug-likeness (QED) is 0.858. The van der Waals surface area contributed by atoms with E-state index >= 15 is 0 Å². The number of nitrogens with one attached hydrogen (secondary N) is 2. The number of carbonyl (C=O) groups excluding carboxylic acids is 1. The fourth-order valence-corrected chi connectivity index (χ4v) is 2.96. The Morgan fingerprint density at radius 3 is 2.76 bits per heavy atom. The first-order chi connectivity index (χ1) is 9.99. The molecule has 1 amide bonds. The van der Waals surface area contributed by atoms with Crippen LogP contribution in [0.15, 0.2) is 18.2 Å². The summed E-state index contributed by atoms with van der Waals surface area (Å²) in [6, 6.07) is 5.42. The lowest BCUT2D eigenvalue weighted by molar-refractivity contribution is -0.115. The van der Waals surface area contributed by atoms with Crippen LogP contribution in [0.1, 0.15) is 28.9 Å². The molecule has 1 aromatic carbocycles. The van der Waals surface area contributed by atoms with Crippen LogP contribution in [-0.4, -0.2) is 10.9 Å². The largest absolute Gasteiger partial charge is 0.379 e. The number of rotatable bonds is 5. The van der Waals surface area contributed by atoms with E-state index in [0.717, 1.165) is 22.1 Å². The zero-order chi connectivity index (χ0) is 15.4. The van der Waals surface area contributed by atoms with Gasteiger partial charge in [0.2, 0.25) is 5.91 Å². The van der Waals surface area contributed by atoms with Gasteiger partial charge < -0.3 is 10.6 Å². The summed E-state index contributed by atoms with van der Waals surface area (Å²) in [5.41, 5.74) is 2.58. The molecule has 0 unspecified atom stereocenters. The third kappa shape index (κ3) is 4.19. The Hall–Kier alpha value is -1.59. The predicted molar refractivity (Wildman–Crippen MR) is 89.3 cm³/mol. The van der Waals surface area contributed by atoms with Gasteiger partial charge in [-0.25, -0.2) is 4.98 Å². The Balaban J connectivity index is 2.10. The summed E-state index contributed by atoms with van der Waals surface area (Å²) in [4.78, 5) is 17.0. The summed E-state index contributed by atoms with van der Waals surface area (Å²) < 4.78 is 0. The van der Waals surface area contributed by atoms with Crippen molar-refractivity contribution in [2.75, 3.05) is 10.6 Å². The number of aromatic nitrogens is 1. The number of anilines is 2. The molecule has 0 saturated heterocycles. The van der Waals surface area contributed by atoms with Crippen LogP contribution < -0.4 is 10.6 Å². The van der Waals surface area contributed by atoms with Crippen LogP contribution in [0.4, 0.5) is 11.4 Å². The maximum absolute atomic E-state index is 11.4. The van der Waals surface area contributed by atoms with E-state index < -0.39 is 0 Å². The van der Waals surface area contributed by atoms with E-state index in [0.29, 0.717) is 18.0 Å². The fourth-order valence-electron chi connectivity index (χ4n) is 1.90. The minimum absolute atomic E-state index is 0.0165. The molecule has 2 rings (SSSR count). The van der Waals surface area contributed by atoms with Crippen molar-refractivity contribution in [3.8, 4) is 0 Å². The molecule has 112 valence electrons. The molecule has 0 fully saturated rings.